The summed E-state index contributed by atoms with van der Waals surface area (Å²) in [4.78, 5) is 17.1. The molecule has 1 aliphatic heterocycles. The fraction of sp³-hybridized carbons (Fsp3) is 0.333. The van der Waals surface area contributed by atoms with E-state index in [4.69, 9.17) is 5.11 Å². The van der Waals surface area contributed by atoms with E-state index in [1.54, 1.807) is 12.3 Å². The van der Waals surface area contributed by atoms with Crippen molar-refractivity contribution in [3.05, 3.63) is 65.4 Å². The molecule has 0 spiro atoms. The van der Waals surface area contributed by atoms with Crippen LogP contribution >= 0.6 is 0 Å². The lowest BCUT2D eigenvalue weighted by molar-refractivity contribution is 0.188. The molecule has 34 heavy (non-hydrogen) atoms. The fourth-order valence-corrected chi connectivity index (χ4v) is 4.91. The van der Waals surface area contributed by atoms with Crippen molar-refractivity contribution >= 4 is 16.7 Å². The summed E-state index contributed by atoms with van der Waals surface area (Å²) in [5, 5.41) is 10.0. The van der Waals surface area contributed by atoms with E-state index in [9.17, 15) is 0 Å². The zero-order valence-electron chi connectivity index (χ0n) is 19.9. The second-order valence-electron chi connectivity index (χ2n) is 9.10. The number of halogens is 1. The Hall–Kier alpha value is -3.29. The summed E-state index contributed by atoms with van der Waals surface area (Å²) in [6.45, 7) is 10.4. The number of hydrogen-bond acceptors (Lipinski definition) is 5. The average molecular weight is 460 g/mol. The van der Waals surface area contributed by atoms with E-state index < -0.39 is 0 Å². The topological polar surface area (TPSA) is 68.3 Å². The smallest absolute Gasteiger partial charge is 0.131 e. The fourth-order valence-electron chi connectivity index (χ4n) is 4.91. The highest BCUT2D eigenvalue weighted by atomic mass is 19.1. The molecule has 1 saturated heterocycles. The standard InChI is InChI=1S/C27H30FN5O/c1-17-12-21(13-18(2)30-17)27-19(3)22-14-24(28)23(15-25(22)31-27)20-4-5-26(29-16-20)33-8-6-32(7-9-33)10-11-34/h4-5,12-16,31,34H,6-11H2,1-3H3. The molecule has 0 bridgehead atoms. The molecule has 0 amide bonds. The first kappa shape index (κ1) is 22.5. The number of hydrogen-bond donors (Lipinski definition) is 2. The highest BCUT2D eigenvalue weighted by molar-refractivity contribution is 5.93. The van der Waals surface area contributed by atoms with Crippen molar-refractivity contribution in [2.24, 2.45) is 0 Å². The Bertz CT molecular complexity index is 1300. The van der Waals surface area contributed by atoms with E-state index in [0.29, 0.717) is 12.1 Å². The summed E-state index contributed by atoms with van der Waals surface area (Å²) >= 11 is 0. The third-order valence-electron chi connectivity index (χ3n) is 6.69. The number of aliphatic hydroxyl groups is 1. The van der Waals surface area contributed by atoms with Crippen LogP contribution in [-0.4, -0.2) is 64.3 Å². The number of aromatic amines is 1. The number of piperazine rings is 1. The third-order valence-corrected chi connectivity index (χ3v) is 6.69. The Morgan fingerprint density at radius 2 is 1.71 bits per heavy atom. The van der Waals surface area contributed by atoms with Crippen LogP contribution in [0.1, 0.15) is 17.0 Å². The third kappa shape index (κ3) is 4.29. The number of H-pyrrole nitrogens is 1. The van der Waals surface area contributed by atoms with E-state index in [0.717, 1.165) is 76.7 Å². The van der Waals surface area contributed by atoms with Crippen LogP contribution in [0, 0.1) is 26.6 Å². The Balaban J connectivity index is 1.43. The highest BCUT2D eigenvalue weighted by Gasteiger charge is 2.19. The summed E-state index contributed by atoms with van der Waals surface area (Å²) in [6.07, 6.45) is 1.76. The molecule has 4 aromatic rings. The van der Waals surface area contributed by atoms with Crippen LogP contribution in [0.25, 0.3) is 33.3 Å². The second-order valence-corrected chi connectivity index (χ2v) is 9.10. The number of nitrogens with one attached hydrogen (secondary N) is 1. The Kier molecular flexibility index (Phi) is 6.06. The summed E-state index contributed by atoms with van der Waals surface area (Å²) in [5.74, 6) is 0.644. The van der Waals surface area contributed by atoms with Crippen LogP contribution in [0.15, 0.2) is 42.6 Å². The van der Waals surface area contributed by atoms with Gasteiger partial charge in [-0.2, -0.15) is 0 Å². The first-order chi connectivity index (χ1) is 16.4. The van der Waals surface area contributed by atoms with E-state index in [-0.39, 0.29) is 12.4 Å². The number of β-amino-alcohol motifs (C(OH)–C–C–N with tert-alkyl or cyclic N) is 1. The maximum absolute atomic E-state index is 15.2. The van der Waals surface area contributed by atoms with E-state index in [2.05, 4.69) is 24.8 Å². The van der Waals surface area contributed by atoms with Crippen molar-refractivity contribution in [3.63, 3.8) is 0 Å². The zero-order valence-corrected chi connectivity index (χ0v) is 19.9. The van der Waals surface area contributed by atoms with Crippen LogP contribution in [0.5, 0.6) is 0 Å². The Morgan fingerprint density at radius 1 is 0.971 bits per heavy atom. The number of aromatic nitrogens is 3. The molecule has 4 heterocycles. The Labute approximate surface area is 199 Å². The molecular formula is C27H30FN5O. The SMILES string of the molecule is Cc1cc(-c2[nH]c3cc(-c4ccc(N5CCN(CCO)CC5)nc4)c(F)cc3c2C)cc(C)n1. The molecule has 1 fully saturated rings. The minimum Gasteiger partial charge on any atom is -0.395 e. The van der Waals surface area contributed by atoms with Gasteiger partial charge in [-0.15, -0.1) is 0 Å². The molecule has 0 unspecified atom stereocenters. The van der Waals surface area contributed by atoms with Crippen molar-refractivity contribution in [2.75, 3.05) is 44.2 Å². The van der Waals surface area contributed by atoms with Gasteiger partial charge in [-0.1, -0.05) is 0 Å². The van der Waals surface area contributed by atoms with Gasteiger partial charge < -0.3 is 15.0 Å². The first-order valence-corrected chi connectivity index (χ1v) is 11.7. The molecule has 0 aliphatic carbocycles. The predicted molar refractivity (Wildman–Crippen MR) is 135 cm³/mol. The van der Waals surface area contributed by atoms with Crippen molar-refractivity contribution < 1.29 is 9.50 Å². The number of aryl methyl sites for hydroxylation is 3. The van der Waals surface area contributed by atoms with Gasteiger partial charge in [0.2, 0.25) is 0 Å². The van der Waals surface area contributed by atoms with Crippen molar-refractivity contribution in [3.8, 4) is 22.4 Å². The number of nitrogens with zero attached hydrogens (tertiary/aromatic N) is 4. The average Bonchev–Trinajstić information content (AvgIpc) is 3.14. The monoisotopic (exact) mass is 459 g/mol. The van der Waals surface area contributed by atoms with Crippen LogP contribution in [0.4, 0.5) is 10.2 Å². The quantitative estimate of drug-likeness (QED) is 0.461. The molecule has 0 atom stereocenters. The van der Waals surface area contributed by atoms with Crippen LogP contribution < -0.4 is 4.90 Å². The van der Waals surface area contributed by atoms with Gasteiger partial charge in [-0.25, -0.2) is 9.37 Å². The molecule has 6 nitrogen and oxygen atoms in total. The molecule has 0 radical (unpaired) electrons. The van der Waals surface area contributed by atoms with Gasteiger partial charge in [0.15, 0.2) is 0 Å². The lowest BCUT2D eigenvalue weighted by atomic mass is 10.0. The van der Waals surface area contributed by atoms with Gasteiger partial charge in [0.05, 0.1) is 6.61 Å². The van der Waals surface area contributed by atoms with Crippen molar-refractivity contribution in [1.29, 1.82) is 0 Å². The van der Waals surface area contributed by atoms with Crippen molar-refractivity contribution in [2.45, 2.75) is 20.8 Å². The second kappa shape index (κ2) is 9.16. The number of benzene rings is 1. The molecule has 1 aliphatic rings. The number of anilines is 1. The minimum absolute atomic E-state index is 0.187. The molecular weight excluding hydrogens is 429 g/mol. The van der Waals surface area contributed by atoms with E-state index in [1.165, 1.54) is 0 Å². The highest BCUT2D eigenvalue weighted by Crippen LogP contribution is 2.34. The first-order valence-electron chi connectivity index (χ1n) is 11.7. The minimum atomic E-state index is -0.254. The molecule has 176 valence electrons. The zero-order chi connectivity index (χ0) is 23.8. The van der Waals surface area contributed by atoms with Gasteiger partial charge in [-0.05, 0) is 62.7 Å². The molecule has 1 aromatic carbocycles. The molecule has 7 heteroatoms. The molecule has 5 rings (SSSR count). The van der Waals surface area contributed by atoms with Gasteiger partial charge in [-0.3, -0.25) is 9.88 Å². The number of fused-ring (bicyclic) bond motifs is 1. The largest absolute Gasteiger partial charge is 0.395 e. The normalized spacial score (nSPS) is 14.8. The van der Waals surface area contributed by atoms with Gasteiger partial charge >= 0.3 is 0 Å². The summed E-state index contributed by atoms with van der Waals surface area (Å²) < 4.78 is 15.2. The van der Waals surface area contributed by atoms with E-state index >= 15 is 4.39 Å². The van der Waals surface area contributed by atoms with Gasteiger partial charge in [0, 0.05) is 83.6 Å². The molecule has 3 aromatic heterocycles. The summed E-state index contributed by atoms with van der Waals surface area (Å²) in [7, 11) is 0. The lowest BCUT2D eigenvalue weighted by Crippen LogP contribution is -2.47. The summed E-state index contributed by atoms with van der Waals surface area (Å²) in [5.41, 5.74) is 7.20. The Morgan fingerprint density at radius 3 is 2.35 bits per heavy atom. The van der Waals surface area contributed by atoms with E-state index in [1.807, 2.05) is 51.1 Å². The van der Waals surface area contributed by atoms with Gasteiger partial charge in [0.25, 0.3) is 0 Å². The molecule has 0 saturated carbocycles. The van der Waals surface area contributed by atoms with Crippen LogP contribution in [0.2, 0.25) is 0 Å². The van der Waals surface area contributed by atoms with Crippen LogP contribution in [0.3, 0.4) is 0 Å². The lowest BCUT2D eigenvalue weighted by Gasteiger charge is -2.35. The van der Waals surface area contributed by atoms with Crippen molar-refractivity contribution in [1.82, 2.24) is 19.9 Å². The summed E-state index contributed by atoms with van der Waals surface area (Å²) in [6, 6.07) is 11.5. The maximum Gasteiger partial charge on any atom is 0.131 e. The number of rotatable bonds is 5. The number of aliphatic hydroxyl groups excluding tert-OH is 1. The van der Waals surface area contributed by atoms with Gasteiger partial charge in [0.1, 0.15) is 11.6 Å². The van der Waals surface area contributed by atoms with Crippen LogP contribution in [-0.2, 0) is 0 Å². The number of pyridine rings is 2. The molecule has 2 N–H and O–H groups in total. The predicted octanol–water partition coefficient (Wildman–Crippen LogP) is 4.47. The maximum atomic E-state index is 15.2.